The van der Waals surface area contributed by atoms with Crippen LogP contribution in [0.4, 0.5) is 13.2 Å². The van der Waals surface area contributed by atoms with Crippen LogP contribution in [0.5, 0.6) is 0 Å². The monoisotopic (exact) mass is 429 g/mol. The number of unbranched alkanes of at least 4 members (excludes halogenated alkanes) is 1. The number of alkyl halides is 3. The normalized spacial score (nSPS) is 22.4. The predicted octanol–water partition coefficient (Wildman–Crippen LogP) is 3.07. The SMILES string of the molecule is O=C(C1=C[C@@H](c2ccc(C(F)(F)F)cc2)C[C@@H](OCCCCO)O1)N1CCOCC1. The Morgan fingerprint density at radius 2 is 1.87 bits per heavy atom. The Labute approximate surface area is 173 Å². The number of halogens is 3. The average Bonchev–Trinajstić information content (AvgIpc) is 2.76. The van der Waals surface area contributed by atoms with Crippen molar-refractivity contribution in [2.75, 3.05) is 39.5 Å². The van der Waals surface area contributed by atoms with Crippen LogP contribution >= 0.6 is 0 Å². The van der Waals surface area contributed by atoms with E-state index in [9.17, 15) is 18.0 Å². The van der Waals surface area contributed by atoms with Crippen LogP contribution in [0.25, 0.3) is 0 Å². The number of hydrogen-bond acceptors (Lipinski definition) is 5. The molecule has 3 rings (SSSR count). The van der Waals surface area contributed by atoms with Gasteiger partial charge in [0.2, 0.25) is 6.29 Å². The highest BCUT2D eigenvalue weighted by Gasteiger charge is 2.33. The van der Waals surface area contributed by atoms with E-state index in [0.29, 0.717) is 57.7 Å². The van der Waals surface area contributed by atoms with Gasteiger partial charge in [-0.2, -0.15) is 13.2 Å². The first-order valence-electron chi connectivity index (χ1n) is 10.0. The highest BCUT2D eigenvalue weighted by Crippen LogP contribution is 2.35. The van der Waals surface area contributed by atoms with Crippen molar-refractivity contribution in [1.82, 2.24) is 4.90 Å². The molecule has 1 fully saturated rings. The fourth-order valence-electron chi connectivity index (χ4n) is 3.41. The molecule has 1 aromatic carbocycles. The molecule has 0 spiro atoms. The van der Waals surface area contributed by atoms with Gasteiger partial charge in [-0.3, -0.25) is 4.79 Å². The lowest BCUT2D eigenvalue weighted by Crippen LogP contribution is -2.43. The molecule has 2 aliphatic rings. The van der Waals surface area contributed by atoms with Crippen molar-refractivity contribution in [3.05, 3.63) is 47.2 Å². The molecular formula is C21H26F3NO5. The Hall–Kier alpha value is -2.10. The van der Waals surface area contributed by atoms with Crippen LogP contribution in [0.1, 0.15) is 36.3 Å². The van der Waals surface area contributed by atoms with Crippen LogP contribution < -0.4 is 0 Å². The third-order valence-corrected chi connectivity index (χ3v) is 5.09. The summed E-state index contributed by atoms with van der Waals surface area (Å²) < 4.78 is 55.4. The quantitative estimate of drug-likeness (QED) is 0.675. The fraction of sp³-hybridized carbons (Fsp3) is 0.571. The number of aliphatic hydroxyl groups is 1. The Kier molecular flexibility index (Phi) is 7.74. The van der Waals surface area contributed by atoms with Gasteiger partial charge in [-0.15, -0.1) is 0 Å². The molecule has 0 unspecified atom stereocenters. The molecular weight excluding hydrogens is 403 g/mol. The summed E-state index contributed by atoms with van der Waals surface area (Å²) in [5.74, 6) is -0.456. The van der Waals surface area contributed by atoms with E-state index in [4.69, 9.17) is 19.3 Å². The molecule has 0 bridgehead atoms. The zero-order chi connectivity index (χ0) is 21.6. The number of amides is 1. The number of hydrogen-bond donors (Lipinski definition) is 1. The number of aliphatic hydroxyl groups excluding tert-OH is 1. The second-order valence-electron chi connectivity index (χ2n) is 7.25. The van der Waals surface area contributed by atoms with Crippen molar-refractivity contribution < 1.29 is 37.3 Å². The standard InChI is InChI=1S/C21H26F3NO5/c22-21(23,24)17-5-3-15(4-6-17)16-13-18(20(27)25-7-11-28-12-8-25)30-19(14-16)29-10-2-1-9-26/h3-6,13,16,19,26H,1-2,7-12,14H2/t16-,19+/m1/s1. The molecule has 166 valence electrons. The van der Waals surface area contributed by atoms with Crippen LogP contribution in [-0.2, 0) is 25.2 Å². The summed E-state index contributed by atoms with van der Waals surface area (Å²) in [6.07, 6.45) is -1.83. The van der Waals surface area contributed by atoms with Crippen molar-refractivity contribution in [3.8, 4) is 0 Å². The summed E-state index contributed by atoms with van der Waals surface area (Å²) in [6, 6.07) is 4.93. The number of carbonyl (C=O) groups excluding carboxylic acids is 1. The van der Waals surface area contributed by atoms with Crippen molar-refractivity contribution in [3.63, 3.8) is 0 Å². The van der Waals surface area contributed by atoms with Crippen molar-refractivity contribution in [1.29, 1.82) is 0 Å². The van der Waals surface area contributed by atoms with E-state index < -0.39 is 18.0 Å². The topological polar surface area (TPSA) is 68.2 Å². The minimum atomic E-state index is -4.40. The van der Waals surface area contributed by atoms with E-state index in [-0.39, 0.29) is 24.2 Å². The van der Waals surface area contributed by atoms with Gasteiger partial charge in [0.25, 0.3) is 5.91 Å². The first-order valence-corrected chi connectivity index (χ1v) is 10.0. The smallest absolute Gasteiger partial charge is 0.416 e. The van der Waals surface area contributed by atoms with E-state index in [2.05, 4.69) is 0 Å². The molecule has 0 radical (unpaired) electrons. The molecule has 6 nitrogen and oxygen atoms in total. The maximum absolute atomic E-state index is 12.9. The van der Waals surface area contributed by atoms with Crippen LogP contribution in [0.3, 0.4) is 0 Å². The van der Waals surface area contributed by atoms with Gasteiger partial charge in [0.1, 0.15) is 0 Å². The maximum Gasteiger partial charge on any atom is 0.416 e. The number of ether oxygens (including phenoxy) is 3. The molecule has 9 heteroatoms. The number of rotatable bonds is 7. The molecule has 0 aliphatic carbocycles. The molecule has 0 saturated carbocycles. The zero-order valence-corrected chi connectivity index (χ0v) is 16.6. The van der Waals surface area contributed by atoms with Crippen LogP contribution in [0.15, 0.2) is 36.1 Å². The largest absolute Gasteiger partial charge is 0.459 e. The number of nitrogens with zero attached hydrogens (tertiary/aromatic N) is 1. The molecule has 1 N–H and O–H groups in total. The number of morpholine rings is 1. The Morgan fingerprint density at radius 3 is 2.50 bits per heavy atom. The Balaban J connectivity index is 1.77. The Morgan fingerprint density at radius 1 is 1.17 bits per heavy atom. The van der Waals surface area contributed by atoms with Gasteiger partial charge < -0.3 is 24.2 Å². The summed E-state index contributed by atoms with van der Waals surface area (Å²) in [5.41, 5.74) is -0.0637. The number of carbonyl (C=O) groups is 1. The van der Waals surface area contributed by atoms with Gasteiger partial charge in [-0.25, -0.2) is 0 Å². The predicted molar refractivity (Wildman–Crippen MR) is 101 cm³/mol. The molecule has 2 aliphatic heterocycles. The second-order valence-corrected chi connectivity index (χ2v) is 7.25. The lowest BCUT2D eigenvalue weighted by Gasteiger charge is -2.33. The van der Waals surface area contributed by atoms with E-state index in [1.807, 2.05) is 0 Å². The fourth-order valence-corrected chi connectivity index (χ4v) is 3.41. The number of allylic oxidation sites excluding steroid dienone is 1. The molecule has 2 atom stereocenters. The minimum absolute atomic E-state index is 0.0593. The van der Waals surface area contributed by atoms with Crippen molar-refractivity contribution >= 4 is 5.91 Å². The second kappa shape index (κ2) is 10.3. The highest BCUT2D eigenvalue weighted by atomic mass is 19.4. The first-order chi connectivity index (χ1) is 14.4. The van der Waals surface area contributed by atoms with E-state index in [1.165, 1.54) is 12.1 Å². The molecule has 2 heterocycles. The van der Waals surface area contributed by atoms with Gasteiger partial charge in [-0.1, -0.05) is 12.1 Å². The molecule has 1 aromatic rings. The molecule has 0 aromatic heterocycles. The summed E-state index contributed by atoms with van der Waals surface area (Å²) in [6.45, 7) is 2.21. The van der Waals surface area contributed by atoms with Crippen LogP contribution in [0.2, 0.25) is 0 Å². The number of benzene rings is 1. The van der Waals surface area contributed by atoms with E-state index in [1.54, 1.807) is 11.0 Å². The van der Waals surface area contributed by atoms with Crippen LogP contribution in [-0.4, -0.2) is 61.7 Å². The molecule has 1 saturated heterocycles. The Bertz CT molecular complexity index is 729. The van der Waals surface area contributed by atoms with Crippen molar-refractivity contribution in [2.24, 2.45) is 0 Å². The van der Waals surface area contributed by atoms with E-state index >= 15 is 0 Å². The third kappa shape index (κ3) is 5.96. The molecule has 30 heavy (non-hydrogen) atoms. The van der Waals surface area contributed by atoms with E-state index in [0.717, 1.165) is 12.1 Å². The zero-order valence-electron chi connectivity index (χ0n) is 16.6. The third-order valence-electron chi connectivity index (χ3n) is 5.09. The van der Waals surface area contributed by atoms with Gasteiger partial charge in [-0.05, 0) is 36.6 Å². The summed E-state index contributed by atoms with van der Waals surface area (Å²) in [4.78, 5) is 14.5. The van der Waals surface area contributed by atoms with Crippen LogP contribution in [0, 0.1) is 0 Å². The summed E-state index contributed by atoms with van der Waals surface area (Å²) in [5, 5.41) is 8.90. The first kappa shape index (κ1) is 22.6. The van der Waals surface area contributed by atoms with Gasteiger partial charge in [0.15, 0.2) is 5.76 Å². The van der Waals surface area contributed by atoms with Gasteiger partial charge in [0, 0.05) is 32.0 Å². The van der Waals surface area contributed by atoms with Crippen molar-refractivity contribution in [2.45, 2.75) is 37.6 Å². The lowest BCUT2D eigenvalue weighted by atomic mass is 9.92. The highest BCUT2D eigenvalue weighted by molar-refractivity contribution is 5.91. The lowest BCUT2D eigenvalue weighted by molar-refractivity contribution is -0.155. The summed E-state index contributed by atoms with van der Waals surface area (Å²) >= 11 is 0. The average molecular weight is 429 g/mol. The maximum atomic E-state index is 12.9. The summed E-state index contributed by atoms with van der Waals surface area (Å²) in [7, 11) is 0. The molecule has 1 amide bonds. The van der Waals surface area contributed by atoms with Gasteiger partial charge in [0.05, 0.1) is 25.4 Å². The minimum Gasteiger partial charge on any atom is -0.459 e. The van der Waals surface area contributed by atoms with Gasteiger partial charge >= 0.3 is 6.18 Å².